The van der Waals surface area contributed by atoms with Gasteiger partial charge >= 0.3 is 0 Å². The van der Waals surface area contributed by atoms with Gasteiger partial charge in [0.25, 0.3) is 0 Å². The summed E-state index contributed by atoms with van der Waals surface area (Å²) >= 11 is 0. The van der Waals surface area contributed by atoms with Crippen LogP contribution in [0.15, 0.2) is 0 Å². The molecule has 0 heterocycles. The molecule has 0 aromatic heterocycles. The Morgan fingerprint density at radius 3 is 2.39 bits per heavy atom. The zero-order chi connectivity index (χ0) is 13.2. The highest BCUT2D eigenvalue weighted by Crippen LogP contribution is 2.52. The second kappa shape index (κ2) is 5.48. The summed E-state index contributed by atoms with van der Waals surface area (Å²) in [7, 11) is 1.73. The van der Waals surface area contributed by atoms with E-state index in [2.05, 4.69) is 6.92 Å². The van der Waals surface area contributed by atoms with Gasteiger partial charge in [0.05, 0.1) is 11.7 Å². The first kappa shape index (κ1) is 14.3. The van der Waals surface area contributed by atoms with Crippen molar-refractivity contribution in [2.24, 2.45) is 17.1 Å². The van der Waals surface area contributed by atoms with E-state index in [1.54, 1.807) is 7.11 Å². The Hall–Kier alpha value is -0.120. The van der Waals surface area contributed by atoms with E-state index in [1.165, 1.54) is 12.8 Å². The molecule has 18 heavy (non-hydrogen) atoms. The molecule has 0 bridgehead atoms. The van der Waals surface area contributed by atoms with E-state index in [-0.39, 0.29) is 11.5 Å². The topological polar surface area (TPSA) is 55.5 Å². The zero-order valence-corrected chi connectivity index (χ0v) is 12.0. The van der Waals surface area contributed by atoms with Crippen LogP contribution in [0.4, 0.5) is 0 Å². The molecule has 2 fully saturated rings. The van der Waals surface area contributed by atoms with Crippen LogP contribution >= 0.6 is 0 Å². The van der Waals surface area contributed by atoms with Crippen molar-refractivity contribution in [3.63, 3.8) is 0 Å². The second-order valence-corrected chi connectivity index (χ2v) is 6.56. The minimum absolute atomic E-state index is 0.0248. The summed E-state index contributed by atoms with van der Waals surface area (Å²) in [5, 5.41) is 11.3. The minimum atomic E-state index is -0.700. The van der Waals surface area contributed by atoms with Crippen LogP contribution in [0.3, 0.4) is 0 Å². The van der Waals surface area contributed by atoms with Crippen LogP contribution in [0, 0.1) is 11.3 Å². The van der Waals surface area contributed by atoms with Crippen molar-refractivity contribution in [1.29, 1.82) is 0 Å². The number of nitrogens with two attached hydrogens (primary N) is 1. The maximum Gasteiger partial charge on any atom is 0.0975 e. The first-order valence-corrected chi connectivity index (χ1v) is 7.53. The molecular formula is C15H29NO2. The predicted octanol–water partition coefficient (Wildman–Crippen LogP) is 2.46. The SMILES string of the molecule is COC1CCCCC1(O)C1(CN)CCC(C)CC1. The Balaban J connectivity index is 2.23. The van der Waals surface area contributed by atoms with E-state index in [0.29, 0.717) is 6.54 Å². The van der Waals surface area contributed by atoms with Crippen LogP contribution in [-0.4, -0.2) is 30.5 Å². The summed E-state index contributed by atoms with van der Waals surface area (Å²) in [6, 6.07) is 0. The van der Waals surface area contributed by atoms with E-state index in [0.717, 1.165) is 44.4 Å². The maximum atomic E-state index is 11.3. The van der Waals surface area contributed by atoms with Crippen molar-refractivity contribution in [3.8, 4) is 0 Å². The fourth-order valence-corrected chi connectivity index (χ4v) is 4.17. The molecule has 3 N–H and O–H groups in total. The van der Waals surface area contributed by atoms with Gasteiger partial charge in [-0.3, -0.25) is 0 Å². The van der Waals surface area contributed by atoms with Gasteiger partial charge in [-0.15, -0.1) is 0 Å². The minimum Gasteiger partial charge on any atom is -0.387 e. The quantitative estimate of drug-likeness (QED) is 0.814. The van der Waals surface area contributed by atoms with Gasteiger partial charge < -0.3 is 15.6 Å². The molecule has 106 valence electrons. The van der Waals surface area contributed by atoms with E-state index in [9.17, 15) is 5.11 Å². The van der Waals surface area contributed by atoms with Gasteiger partial charge in [0.1, 0.15) is 0 Å². The number of hydrogen-bond donors (Lipinski definition) is 2. The van der Waals surface area contributed by atoms with Gasteiger partial charge in [0.2, 0.25) is 0 Å². The van der Waals surface area contributed by atoms with E-state index in [1.807, 2.05) is 0 Å². The Bertz CT molecular complexity index is 274. The molecule has 0 radical (unpaired) electrons. The third kappa shape index (κ3) is 2.21. The highest BCUT2D eigenvalue weighted by molar-refractivity contribution is 5.07. The first-order valence-electron chi connectivity index (χ1n) is 7.53. The molecule has 0 amide bonds. The molecular weight excluding hydrogens is 226 g/mol. The van der Waals surface area contributed by atoms with Crippen LogP contribution in [0.25, 0.3) is 0 Å². The standard InChI is InChI=1S/C15H29NO2/c1-12-6-9-14(11-16,10-7-12)15(17)8-4-3-5-13(15)18-2/h12-13,17H,3-11,16H2,1-2H3. The third-order valence-corrected chi connectivity index (χ3v) is 5.63. The average molecular weight is 255 g/mol. The molecule has 2 unspecified atom stereocenters. The lowest BCUT2D eigenvalue weighted by molar-refractivity contribution is -0.197. The fourth-order valence-electron chi connectivity index (χ4n) is 4.17. The average Bonchev–Trinajstić information content (AvgIpc) is 2.40. The number of ether oxygens (including phenoxy) is 1. The summed E-state index contributed by atoms with van der Waals surface area (Å²) in [6.45, 7) is 2.90. The number of aliphatic hydroxyl groups is 1. The van der Waals surface area contributed by atoms with Crippen LogP contribution < -0.4 is 5.73 Å². The lowest BCUT2D eigenvalue weighted by atomic mass is 9.56. The van der Waals surface area contributed by atoms with Crippen LogP contribution in [0.5, 0.6) is 0 Å². The van der Waals surface area contributed by atoms with Crippen LogP contribution in [0.1, 0.15) is 58.3 Å². The zero-order valence-electron chi connectivity index (χ0n) is 12.0. The Morgan fingerprint density at radius 2 is 1.83 bits per heavy atom. The summed E-state index contributed by atoms with van der Waals surface area (Å²) in [4.78, 5) is 0. The van der Waals surface area contributed by atoms with Crippen molar-refractivity contribution < 1.29 is 9.84 Å². The highest BCUT2D eigenvalue weighted by atomic mass is 16.5. The lowest BCUT2D eigenvalue weighted by Gasteiger charge is -2.54. The molecule has 2 aliphatic carbocycles. The van der Waals surface area contributed by atoms with Crippen LogP contribution in [0.2, 0.25) is 0 Å². The maximum absolute atomic E-state index is 11.3. The van der Waals surface area contributed by atoms with Gasteiger partial charge in [-0.2, -0.15) is 0 Å². The predicted molar refractivity (Wildman–Crippen MR) is 73.3 cm³/mol. The van der Waals surface area contributed by atoms with E-state index < -0.39 is 5.60 Å². The van der Waals surface area contributed by atoms with Crippen molar-refractivity contribution in [2.75, 3.05) is 13.7 Å². The number of methoxy groups -OCH3 is 1. The van der Waals surface area contributed by atoms with Crippen molar-refractivity contribution >= 4 is 0 Å². The molecule has 2 aliphatic rings. The van der Waals surface area contributed by atoms with E-state index in [4.69, 9.17) is 10.5 Å². The fraction of sp³-hybridized carbons (Fsp3) is 1.00. The van der Waals surface area contributed by atoms with Crippen molar-refractivity contribution in [2.45, 2.75) is 70.0 Å². The van der Waals surface area contributed by atoms with Gasteiger partial charge in [-0.05, 0) is 31.6 Å². The van der Waals surface area contributed by atoms with Gasteiger partial charge in [0.15, 0.2) is 0 Å². The molecule has 2 rings (SSSR count). The molecule has 0 aromatic carbocycles. The Kier molecular flexibility index (Phi) is 4.35. The molecule has 0 aliphatic heterocycles. The van der Waals surface area contributed by atoms with Crippen molar-refractivity contribution in [1.82, 2.24) is 0 Å². The molecule has 0 saturated heterocycles. The summed E-state index contributed by atoms with van der Waals surface area (Å²) < 4.78 is 5.61. The third-order valence-electron chi connectivity index (χ3n) is 5.63. The molecule has 0 spiro atoms. The van der Waals surface area contributed by atoms with Gasteiger partial charge in [-0.25, -0.2) is 0 Å². The molecule has 3 nitrogen and oxygen atoms in total. The molecule has 0 aromatic rings. The summed E-state index contributed by atoms with van der Waals surface area (Å²) in [6.07, 6.45) is 8.57. The first-order chi connectivity index (χ1) is 8.58. The Labute approximate surface area is 111 Å². The summed E-state index contributed by atoms with van der Waals surface area (Å²) in [5.74, 6) is 0.776. The molecule has 3 heteroatoms. The number of hydrogen-bond acceptors (Lipinski definition) is 3. The monoisotopic (exact) mass is 255 g/mol. The molecule has 2 saturated carbocycles. The number of rotatable bonds is 3. The second-order valence-electron chi connectivity index (χ2n) is 6.56. The van der Waals surface area contributed by atoms with Crippen molar-refractivity contribution in [3.05, 3.63) is 0 Å². The van der Waals surface area contributed by atoms with Gasteiger partial charge in [0, 0.05) is 19.1 Å². The normalized spacial score (nSPS) is 46.0. The molecule has 2 atom stereocenters. The van der Waals surface area contributed by atoms with Crippen LogP contribution in [-0.2, 0) is 4.74 Å². The Morgan fingerprint density at radius 1 is 1.17 bits per heavy atom. The largest absolute Gasteiger partial charge is 0.387 e. The van der Waals surface area contributed by atoms with Gasteiger partial charge in [-0.1, -0.05) is 32.6 Å². The smallest absolute Gasteiger partial charge is 0.0975 e. The summed E-state index contributed by atoms with van der Waals surface area (Å²) in [5.41, 5.74) is 5.29. The van der Waals surface area contributed by atoms with E-state index >= 15 is 0 Å². The lowest BCUT2D eigenvalue weighted by Crippen LogP contribution is -2.62. The highest BCUT2D eigenvalue weighted by Gasteiger charge is 2.55.